The number of aromatic nitrogens is 1. The highest BCUT2D eigenvalue weighted by Crippen LogP contribution is 2.40. The van der Waals surface area contributed by atoms with Crippen LogP contribution in [0.25, 0.3) is 10.2 Å². The zero-order valence-electron chi connectivity index (χ0n) is 16.9. The molecule has 3 amide bonds. The number of likely N-dealkylation sites (tertiary alicyclic amines) is 1. The van der Waals surface area contributed by atoms with Crippen molar-refractivity contribution in [1.82, 2.24) is 20.1 Å². The minimum Gasteiger partial charge on any atom is -0.323 e. The van der Waals surface area contributed by atoms with E-state index in [0.29, 0.717) is 6.67 Å². The van der Waals surface area contributed by atoms with Crippen molar-refractivity contribution >= 4 is 33.5 Å². The second-order valence-corrected chi connectivity index (χ2v) is 9.83. The molecule has 2 saturated heterocycles. The van der Waals surface area contributed by atoms with Crippen LogP contribution >= 0.6 is 11.3 Å². The average molecular weight is 413 g/mol. The highest BCUT2D eigenvalue weighted by atomic mass is 32.1. The predicted octanol–water partition coefficient (Wildman–Crippen LogP) is 4.28. The van der Waals surface area contributed by atoms with Crippen molar-refractivity contribution in [3.63, 3.8) is 0 Å². The van der Waals surface area contributed by atoms with Gasteiger partial charge in [-0.3, -0.25) is 9.69 Å². The SMILES string of the molecule is C[C@@H]1CCCC[C@@]12NC(=O)N(CN1CCCC[C@@H]1c1nc3ccccc3s1)C2=O. The van der Waals surface area contributed by atoms with Crippen molar-refractivity contribution in [3.05, 3.63) is 29.3 Å². The number of carbonyl (C=O) groups excluding carboxylic acids is 2. The third kappa shape index (κ3) is 3.15. The van der Waals surface area contributed by atoms with E-state index in [1.165, 1.54) is 9.60 Å². The number of nitrogens with one attached hydrogen (secondary N) is 1. The molecular formula is C22H28N4O2S. The number of benzene rings is 1. The van der Waals surface area contributed by atoms with Crippen molar-refractivity contribution in [3.8, 4) is 0 Å². The topological polar surface area (TPSA) is 65.5 Å². The normalized spacial score (nSPS) is 31.0. The molecule has 1 aliphatic carbocycles. The number of amides is 3. The van der Waals surface area contributed by atoms with Crippen LogP contribution in [0.1, 0.15) is 62.9 Å². The van der Waals surface area contributed by atoms with Crippen LogP contribution < -0.4 is 5.32 Å². The van der Waals surface area contributed by atoms with Crippen LogP contribution in [0.3, 0.4) is 0 Å². The molecule has 1 aromatic heterocycles. The first kappa shape index (κ1) is 19.0. The van der Waals surface area contributed by atoms with Gasteiger partial charge in [0.25, 0.3) is 5.91 Å². The molecule has 3 heterocycles. The molecule has 3 atom stereocenters. The van der Waals surface area contributed by atoms with Gasteiger partial charge >= 0.3 is 6.03 Å². The number of rotatable bonds is 3. The summed E-state index contributed by atoms with van der Waals surface area (Å²) < 4.78 is 1.19. The maximum absolute atomic E-state index is 13.4. The summed E-state index contributed by atoms with van der Waals surface area (Å²) >= 11 is 1.73. The quantitative estimate of drug-likeness (QED) is 0.764. The van der Waals surface area contributed by atoms with Gasteiger partial charge in [-0.05, 0) is 43.7 Å². The summed E-state index contributed by atoms with van der Waals surface area (Å²) in [5.41, 5.74) is 0.347. The molecule has 0 radical (unpaired) electrons. The maximum atomic E-state index is 13.4. The van der Waals surface area contributed by atoms with Gasteiger partial charge in [0, 0.05) is 6.54 Å². The highest BCUT2D eigenvalue weighted by molar-refractivity contribution is 7.18. The van der Waals surface area contributed by atoms with Crippen LogP contribution in [0.4, 0.5) is 4.79 Å². The van der Waals surface area contributed by atoms with Gasteiger partial charge in [0.1, 0.15) is 10.5 Å². The number of para-hydroxylation sites is 1. The lowest BCUT2D eigenvalue weighted by Crippen LogP contribution is -2.54. The standard InChI is InChI=1S/C22H28N4O2S/c1-15-8-4-6-12-22(15)20(27)26(21(28)24-22)14-25-13-7-5-10-17(25)19-23-16-9-2-3-11-18(16)29-19/h2-3,9,11,15,17H,4-8,10,12-14H2,1H3,(H,24,28)/t15-,17-,22-/m1/s1. The molecule has 2 aromatic rings. The monoisotopic (exact) mass is 412 g/mol. The molecule has 1 aromatic carbocycles. The number of thiazole rings is 1. The third-order valence-corrected chi connectivity index (χ3v) is 8.17. The third-order valence-electron chi connectivity index (χ3n) is 7.03. The van der Waals surface area contributed by atoms with Crippen LogP contribution in [-0.2, 0) is 4.79 Å². The Balaban J connectivity index is 1.39. The van der Waals surface area contributed by atoms with Crippen LogP contribution in [-0.4, -0.2) is 45.5 Å². The van der Waals surface area contributed by atoms with E-state index < -0.39 is 5.54 Å². The van der Waals surface area contributed by atoms with Crippen LogP contribution in [0.15, 0.2) is 24.3 Å². The Morgan fingerprint density at radius 1 is 1.17 bits per heavy atom. The smallest absolute Gasteiger partial charge is 0.323 e. The minimum absolute atomic E-state index is 0.0247. The van der Waals surface area contributed by atoms with E-state index in [0.717, 1.165) is 62.0 Å². The Hall–Kier alpha value is -1.99. The molecule has 3 fully saturated rings. The molecule has 29 heavy (non-hydrogen) atoms. The summed E-state index contributed by atoms with van der Waals surface area (Å²) in [5.74, 6) is 0.169. The Morgan fingerprint density at radius 2 is 2.00 bits per heavy atom. The molecule has 5 rings (SSSR count). The van der Waals surface area contributed by atoms with E-state index in [1.54, 1.807) is 11.3 Å². The van der Waals surface area contributed by atoms with E-state index in [9.17, 15) is 9.59 Å². The number of carbonyl (C=O) groups is 2. The molecule has 2 aliphatic heterocycles. The van der Waals surface area contributed by atoms with E-state index in [4.69, 9.17) is 4.98 Å². The number of nitrogens with zero attached hydrogens (tertiary/aromatic N) is 3. The minimum atomic E-state index is -0.684. The van der Waals surface area contributed by atoms with Crippen molar-refractivity contribution in [2.45, 2.75) is 63.5 Å². The summed E-state index contributed by atoms with van der Waals surface area (Å²) in [5, 5.41) is 4.18. The molecule has 3 aliphatic rings. The Labute approximate surface area is 175 Å². The predicted molar refractivity (Wildman–Crippen MR) is 114 cm³/mol. The number of piperidine rings is 1. The zero-order chi connectivity index (χ0) is 20.0. The van der Waals surface area contributed by atoms with Gasteiger partial charge in [0.2, 0.25) is 0 Å². The largest absolute Gasteiger partial charge is 0.326 e. The second-order valence-electron chi connectivity index (χ2n) is 8.77. The van der Waals surface area contributed by atoms with E-state index in [-0.39, 0.29) is 23.9 Å². The number of hydrogen-bond donors (Lipinski definition) is 1. The van der Waals surface area contributed by atoms with Gasteiger partial charge in [-0.2, -0.15) is 0 Å². The number of hydrogen-bond acceptors (Lipinski definition) is 5. The highest BCUT2D eigenvalue weighted by Gasteiger charge is 2.55. The van der Waals surface area contributed by atoms with Crippen molar-refractivity contribution in [2.75, 3.05) is 13.2 Å². The second kappa shape index (κ2) is 7.36. The van der Waals surface area contributed by atoms with Gasteiger partial charge < -0.3 is 5.32 Å². The van der Waals surface area contributed by atoms with E-state index in [1.807, 2.05) is 18.2 Å². The Kier molecular flexibility index (Phi) is 4.82. The molecular weight excluding hydrogens is 384 g/mol. The summed E-state index contributed by atoms with van der Waals surface area (Å²) in [6.45, 7) is 3.35. The first-order chi connectivity index (χ1) is 14.1. The van der Waals surface area contributed by atoms with E-state index >= 15 is 0 Å². The van der Waals surface area contributed by atoms with Crippen LogP contribution in [0, 0.1) is 5.92 Å². The number of urea groups is 1. The van der Waals surface area contributed by atoms with Crippen molar-refractivity contribution < 1.29 is 9.59 Å². The maximum Gasteiger partial charge on any atom is 0.326 e. The molecule has 1 N–H and O–H groups in total. The van der Waals surface area contributed by atoms with E-state index in [2.05, 4.69) is 23.2 Å². The van der Waals surface area contributed by atoms with Gasteiger partial charge in [-0.15, -0.1) is 11.3 Å². The molecule has 1 spiro atoms. The van der Waals surface area contributed by atoms with Gasteiger partial charge in [0.05, 0.1) is 22.9 Å². The van der Waals surface area contributed by atoms with Crippen LogP contribution in [0.2, 0.25) is 0 Å². The molecule has 0 unspecified atom stereocenters. The number of fused-ring (bicyclic) bond motifs is 1. The zero-order valence-corrected chi connectivity index (χ0v) is 17.7. The lowest BCUT2D eigenvalue weighted by molar-refractivity contribution is -0.136. The number of imide groups is 1. The Bertz CT molecular complexity index is 911. The fourth-order valence-electron chi connectivity index (χ4n) is 5.28. The molecule has 6 nitrogen and oxygen atoms in total. The summed E-state index contributed by atoms with van der Waals surface area (Å²) in [4.78, 5) is 34.8. The molecule has 1 saturated carbocycles. The van der Waals surface area contributed by atoms with Crippen molar-refractivity contribution in [1.29, 1.82) is 0 Å². The summed E-state index contributed by atoms with van der Waals surface area (Å²) in [6, 6.07) is 8.16. The van der Waals surface area contributed by atoms with Gasteiger partial charge in [0.15, 0.2) is 0 Å². The first-order valence-electron chi connectivity index (χ1n) is 10.8. The lowest BCUT2D eigenvalue weighted by Gasteiger charge is -2.38. The van der Waals surface area contributed by atoms with Gasteiger partial charge in [-0.25, -0.2) is 14.7 Å². The summed E-state index contributed by atoms with van der Waals surface area (Å²) in [6.07, 6.45) is 7.16. The first-order valence-corrected chi connectivity index (χ1v) is 11.6. The van der Waals surface area contributed by atoms with Crippen molar-refractivity contribution in [2.24, 2.45) is 5.92 Å². The molecule has 7 heteroatoms. The fraction of sp³-hybridized carbons (Fsp3) is 0.591. The molecule has 154 valence electrons. The van der Waals surface area contributed by atoms with Gasteiger partial charge in [-0.1, -0.05) is 38.3 Å². The fourth-order valence-corrected chi connectivity index (χ4v) is 6.42. The summed E-state index contributed by atoms with van der Waals surface area (Å²) in [7, 11) is 0. The Morgan fingerprint density at radius 3 is 2.83 bits per heavy atom. The van der Waals surface area contributed by atoms with Crippen LogP contribution in [0.5, 0.6) is 0 Å². The molecule has 0 bridgehead atoms. The lowest BCUT2D eigenvalue weighted by atomic mass is 9.73. The average Bonchev–Trinajstić information content (AvgIpc) is 3.26.